The van der Waals surface area contributed by atoms with Crippen molar-refractivity contribution in [2.45, 2.75) is 20.3 Å². The van der Waals surface area contributed by atoms with Crippen LogP contribution < -0.4 is 11.1 Å². The fourth-order valence-electron chi connectivity index (χ4n) is 1.81. The van der Waals surface area contributed by atoms with Crippen LogP contribution in [0.4, 0.5) is 0 Å². The molecule has 0 unspecified atom stereocenters. The van der Waals surface area contributed by atoms with Crippen molar-refractivity contribution < 1.29 is 4.42 Å². The van der Waals surface area contributed by atoms with Crippen LogP contribution in [0.1, 0.15) is 19.6 Å². The molecule has 0 aliphatic rings. The summed E-state index contributed by atoms with van der Waals surface area (Å²) in [4.78, 5) is 4.25. The van der Waals surface area contributed by atoms with Gasteiger partial charge in [0.25, 0.3) is 0 Å². The lowest BCUT2D eigenvalue weighted by molar-refractivity contribution is 0.545. The van der Waals surface area contributed by atoms with Gasteiger partial charge in [0.1, 0.15) is 11.3 Å². The summed E-state index contributed by atoms with van der Waals surface area (Å²) < 4.78 is 5.73. The van der Waals surface area contributed by atoms with Crippen molar-refractivity contribution in [3.05, 3.63) is 36.1 Å². The zero-order valence-electron chi connectivity index (χ0n) is 11.5. The van der Waals surface area contributed by atoms with Crippen molar-refractivity contribution in [1.29, 1.82) is 0 Å². The average Bonchev–Trinajstić information content (AvgIpc) is 2.79. The number of para-hydroxylation sites is 1. The van der Waals surface area contributed by atoms with E-state index in [1.165, 1.54) is 0 Å². The van der Waals surface area contributed by atoms with E-state index >= 15 is 0 Å². The third-order valence-corrected chi connectivity index (χ3v) is 2.78. The van der Waals surface area contributed by atoms with Crippen molar-refractivity contribution in [2.24, 2.45) is 16.6 Å². The molecule has 0 spiro atoms. The second kappa shape index (κ2) is 6.27. The Hall–Kier alpha value is -1.97. The molecule has 0 radical (unpaired) electrons. The SMILES string of the molecule is CC(C)CN=C(N)NCCc1cc2ccccc2o1. The van der Waals surface area contributed by atoms with Crippen LogP contribution in [0.5, 0.6) is 0 Å². The number of nitrogens with one attached hydrogen (secondary N) is 1. The number of furan rings is 1. The summed E-state index contributed by atoms with van der Waals surface area (Å²) in [6, 6.07) is 10.1. The molecule has 0 bridgehead atoms. The van der Waals surface area contributed by atoms with E-state index in [0.29, 0.717) is 11.9 Å². The molecule has 0 aliphatic carbocycles. The van der Waals surface area contributed by atoms with Gasteiger partial charge in [-0.1, -0.05) is 32.0 Å². The average molecular weight is 259 g/mol. The molecule has 102 valence electrons. The van der Waals surface area contributed by atoms with E-state index in [2.05, 4.69) is 30.2 Å². The Balaban J connectivity index is 1.84. The zero-order valence-corrected chi connectivity index (χ0v) is 11.5. The highest BCUT2D eigenvalue weighted by molar-refractivity contribution is 5.78. The number of hydrogen-bond acceptors (Lipinski definition) is 2. The normalized spacial score (nSPS) is 12.3. The second-order valence-corrected chi connectivity index (χ2v) is 5.05. The fraction of sp³-hybridized carbons (Fsp3) is 0.400. The Kier molecular flexibility index (Phi) is 4.44. The van der Waals surface area contributed by atoms with E-state index in [-0.39, 0.29) is 0 Å². The summed E-state index contributed by atoms with van der Waals surface area (Å²) in [6.45, 7) is 5.72. The van der Waals surface area contributed by atoms with Crippen LogP contribution in [0, 0.1) is 5.92 Å². The fourth-order valence-corrected chi connectivity index (χ4v) is 1.81. The largest absolute Gasteiger partial charge is 0.461 e. The number of aliphatic imine (C=N–C) groups is 1. The van der Waals surface area contributed by atoms with Gasteiger partial charge in [0.05, 0.1) is 0 Å². The van der Waals surface area contributed by atoms with Crippen molar-refractivity contribution in [3.63, 3.8) is 0 Å². The van der Waals surface area contributed by atoms with Gasteiger partial charge < -0.3 is 15.5 Å². The summed E-state index contributed by atoms with van der Waals surface area (Å²) in [5.74, 6) is 1.99. The Morgan fingerprint density at radius 3 is 2.89 bits per heavy atom. The van der Waals surface area contributed by atoms with Crippen LogP contribution in [-0.2, 0) is 6.42 Å². The monoisotopic (exact) mass is 259 g/mol. The van der Waals surface area contributed by atoms with Gasteiger partial charge in [-0.3, -0.25) is 4.99 Å². The standard InChI is InChI=1S/C15H21N3O/c1-11(2)10-18-15(16)17-8-7-13-9-12-5-3-4-6-14(12)19-13/h3-6,9,11H,7-8,10H2,1-2H3,(H3,16,17,18). The molecule has 0 atom stereocenters. The molecule has 1 heterocycles. The third-order valence-electron chi connectivity index (χ3n) is 2.78. The van der Waals surface area contributed by atoms with Crippen molar-refractivity contribution >= 4 is 16.9 Å². The quantitative estimate of drug-likeness (QED) is 0.640. The predicted molar refractivity (Wildman–Crippen MR) is 79.2 cm³/mol. The molecule has 0 aliphatic heterocycles. The molecule has 4 heteroatoms. The Morgan fingerprint density at radius 2 is 2.16 bits per heavy atom. The number of nitrogens with two attached hydrogens (primary N) is 1. The topological polar surface area (TPSA) is 63.5 Å². The van der Waals surface area contributed by atoms with Gasteiger partial charge in [-0.25, -0.2) is 0 Å². The summed E-state index contributed by atoms with van der Waals surface area (Å²) in [5, 5.41) is 4.24. The van der Waals surface area contributed by atoms with E-state index in [1.54, 1.807) is 0 Å². The van der Waals surface area contributed by atoms with Gasteiger partial charge in [-0.2, -0.15) is 0 Å². The van der Waals surface area contributed by atoms with Crippen LogP contribution in [-0.4, -0.2) is 19.0 Å². The molecule has 0 saturated heterocycles. The molecular weight excluding hydrogens is 238 g/mol. The van der Waals surface area contributed by atoms with Crippen LogP contribution in [0.3, 0.4) is 0 Å². The minimum Gasteiger partial charge on any atom is -0.461 e. The first-order valence-electron chi connectivity index (χ1n) is 6.66. The molecule has 0 saturated carbocycles. The van der Waals surface area contributed by atoms with Gasteiger partial charge in [0.15, 0.2) is 5.96 Å². The zero-order chi connectivity index (χ0) is 13.7. The molecule has 4 nitrogen and oxygen atoms in total. The van der Waals surface area contributed by atoms with Gasteiger partial charge in [-0.15, -0.1) is 0 Å². The first kappa shape index (κ1) is 13.5. The van der Waals surface area contributed by atoms with Crippen LogP contribution in [0.2, 0.25) is 0 Å². The van der Waals surface area contributed by atoms with Gasteiger partial charge in [0, 0.05) is 24.9 Å². The Morgan fingerprint density at radius 1 is 1.37 bits per heavy atom. The highest BCUT2D eigenvalue weighted by Crippen LogP contribution is 2.18. The predicted octanol–water partition coefficient (Wildman–Crippen LogP) is 2.54. The number of guanidine groups is 1. The molecule has 2 aromatic rings. The maximum Gasteiger partial charge on any atom is 0.188 e. The molecule has 19 heavy (non-hydrogen) atoms. The minimum absolute atomic E-state index is 0.504. The highest BCUT2D eigenvalue weighted by atomic mass is 16.3. The summed E-state index contributed by atoms with van der Waals surface area (Å²) in [7, 11) is 0. The van der Waals surface area contributed by atoms with Gasteiger partial charge >= 0.3 is 0 Å². The summed E-state index contributed by atoms with van der Waals surface area (Å²) in [5.41, 5.74) is 6.70. The maximum atomic E-state index is 5.77. The Bertz CT molecular complexity index is 524. The smallest absolute Gasteiger partial charge is 0.188 e. The minimum atomic E-state index is 0.504. The van der Waals surface area contributed by atoms with E-state index in [4.69, 9.17) is 10.2 Å². The molecule has 0 amide bonds. The van der Waals surface area contributed by atoms with E-state index < -0.39 is 0 Å². The Labute approximate surface area is 113 Å². The van der Waals surface area contributed by atoms with E-state index in [9.17, 15) is 0 Å². The van der Waals surface area contributed by atoms with Gasteiger partial charge in [0.2, 0.25) is 0 Å². The molecule has 3 N–H and O–H groups in total. The lowest BCUT2D eigenvalue weighted by Crippen LogP contribution is -2.33. The lowest BCUT2D eigenvalue weighted by atomic mass is 10.2. The number of rotatable bonds is 5. The molecule has 0 fully saturated rings. The number of benzene rings is 1. The van der Waals surface area contributed by atoms with Crippen molar-refractivity contribution in [3.8, 4) is 0 Å². The number of fused-ring (bicyclic) bond motifs is 1. The maximum absolute atomic E-state index is 5.77. The molecule has 1 aromatic carbocycles. The molecule has 2 rings (SSSR count). The number of hydrogen-bond donors (Lipinski definition) is 2. The highest BCUT2D eigenvalue weighted by Gasteiger charge is 2.02. The third kappa shape index (κ3) is 4.02. The van der Waals surface area contributed by atoms with Crippen molar-refractivity contribution in [2.75, 3.05) is 13.1 Å². The van der Waals surface area contributed by atoms with Crippen molar-refractivity contribution in [1.82, 2.24) is 5.32 Å². The number of nitrogens with zero attached hydrogens (tertiary/aromatic N) is 1. The first-order valence-corrected chi connectivity index (χ1v) is 6.66. The summed E-state index contributed by atoms with van der Waals surface area (Å²) in [6.07, 6.45) is 0.798. The van der Waals surface area contributed by atoms with Crippen LogP contribution in [0.25, 0.3) is 11.0 Å². The lowest BCUT2D eigenvalue weighted by Gasteiger charge is -2.05. The van der Waals surface area contributed by atoms with E-state index in [0.717, 1.165) is 36.2 Å². The molecule has 1 aromatic heterocycles. The van der Waals surface area contributed by atoms with E-state index in [1.807, 2.05) is 24.3 Å². The van der Waals surface area contributed by atoms with Gasteiger partial charge in [-0.05, 0) is 18.1 Å². The first-order chi connectivity index (χ1) is 9.15. The molecular formula is C15H21N3O. The van der Waals surface area contributed by atoms with Crippen LogP contribution in [0.15, 0.2) is 39.7 Å². The van der Waals surface area contributed by atoms with Crippen LogP contribution >= 0.6 is 0 Å². The summed E-state index contributed by atoms with van der Waals surface area (Å²) >= 11 is 0. The second-order valence-electron chi connectivity index (χ2n) is 5.05.